The van der Waals surface area contributed by atoms with Crippen molar-refractivity contribution in [1.82, 2.24) is 15.3 Å². The molecule has 0 aliphatic heterocycles. The summed E-state index contributed by atoms with van der Waals surface area (Å²) in [5.41, 5.74) is 6.55. The molecule has 5 nitrogen and oxygen atoms in total. The molecule has 3 rings (SSSR count). The average molecular weight is 446 g/mol. The molecule has 2 N–H and O–H groups in total. The van der Waals surface area contributed by atoms with E-state index in [1.54, 1.807) is 13.0 Å². The van der Waals surface area contributed by atoms with Crippen LogP contribution in [-0.2, 0) is 0 Å². The van der Waals surface area contributed by atoms with Crippen LogP contribution in [0.25, 0.3) is 0 Å². The Morgan fingerprint density at radius 1 is 1.07 bits per heavy atom. The molecular formula is C21H28AsFN4O. The third-order valence-corrected chi connectivity index (χ3v) is 7.52. The van der Waals surface area contributed by atoms with Crippen LogP contribution in [0.3, 0.4) is 0 Å². The minimum atomic E-state index is -1.03. The van der Waals surface area contributed by atoms with Gasteiger partial charge in [-0.25, -0.2) is 4.39 Å². The van der Waals surface area contributed by atoms with E-state index in [-0.39, 0.29) is 17.8 Å². The van der Waals surface area contributed by atoms with Gasteiger partial charge in [0.25, 0.3) is 0 Å². The number of halogens is 1. The van der Waals surface area contributed by atoms with Crippen molar-refractivity contribution in [2.75, 3.05) is 5.32 Å². The molecule has 1 aromatic carbocycles. The molecule has 1 amide bonds. The van der Waals surface area contributed by atoms with Crippen LogP contribution in [0.5, 0.6) is 0 Å². The summed E-state index contributed by atoms with van der Waals surface area (Å²) in [6.45, 7) is 3.68. The second-order valence-corrected chi connectivity index (χ2v) is 12.4. The molecule has 0 atom stereocenters. The number of nitrogens with zero attached hydrogens (tertiary/aromatic N) is 2. The molecule has 2 aromatic rings. The van der Waals surface area contributed by atoms with Gasteiger partial charge in [0.2, 0.25) is 0 Å². The Morgan fingerprint density at radius 3 is 2.39 bits per heavy atom. The van der Waals surface area contributed by atoms with Crippen LogP contribution >= 0.6 is 0 Å². The molecule has 0 unspecified atom stereocenters. The predicted molar refractivity (Wildman–Crippen MR) is 112 cm³/mol. The molecule has 0 bridgehead atoms. The summed E-state index contributed by atoms with van der Waals surface area (Å²) >= 11 is -1.03. The van der Waals surface area contributed by atoms with Gasteiger partial charge in [0.1, 0.15) is 5.82 Å². The van der Waals surface area contributed by atoms with Crippen LogP contribution in [0.1, 0.15) is 47.3 Å². The van der Waals surface area contributed by atoms with Crippen molar-refractivity contribution in [2.24, 2.45) is 0 Å². The molecule has 150 valence electrons. The zero-order valence-electron chi connectivity index (χ0n) is 16.9. The fourth-order valence-electron chi connectivity index (χ4n) is 3.46. The Labute approximate surface area is 170 Å². The number of hydrogen-bond donors (Lipinski definition) is 2. The number of benzene rings is 1. The van der Waals surface area contributed by atoms with Crippen molar-refractivity contribution in [1.29, 1.82) is 0 Å². The first-order chi connectivity index (χ1) is 13.3. The van der Waals surface area contributed by atoms with Crippen molar-refractivity contribution < 1.29 is 9.18 Å². The first-order valence-corrected chi connectivity index (χ1v) is 14.4. The molecule has 1 aliphatic carbocycles. The van der Waals surface area contributed by atoms with E-state index < -0.39 is 14.7 Å². The Balaban J connectivity index is 1.53. The molecule has 1 aromatic heterocycles. The molecule has 28 heavy (non-hydrogen) atoms. The molecule has 7 heteroatoms. The van der Waals surface area contributed by atoms with Gasteiger partial charge in [0.15, 0.2) is 0 Å². The molecular weight excluding hydrogens is 418 g/mol. The normalized spacial score (nSPS) is 19.5. The van der Waals surface area contributed by atoms with Gasteiger partial charge in [-0.1, -0.05) is 0 Å². The van der Waals surface area contributed by atoms with Crippen molar-refractivity contribution in [2.45, 2.75) is 63.0 Å². The summed E-state index contributed by atoms with van der Waals surface area (Å²) < 4.78 is 14.6. The zero-order chi connectivity index (χ0) is 20.3. The van der Waals surface area contributed by atoms with Gasteiger partial charge in [0.05, 0.1) is 0 Å². The van der Waals surface area contributed by atoms with Gasteiger partial charge >= 0.3 is 142 Å². The van der Waals surface area contributed by atoms with Crippen molar-refractivity contribution in [3.63, 3.8) is 0 Å². The minimum absolute atomic E-state index is 0.131. The Morgan fingerprint density at radius 2 is 1.75 bits per heavy atom. The number of carbonyl (C=O) groups is 1. The van der Waals surface area contributed by atoms with Crippen molar-refractivity contribution in [3.05, 3.63) is 46.9 Å². The van der Waals surface area contributed by atoms with E-state index in [1.165, 1.54) is 16.6 Å². The SMILES string of the molecule is Cc1cc([As](C)C)nc(N[C@H]2CC[C@@H](NC(=O)c3ccc(F)c(C)c3)CC2)n1. The van der Waals surface area contributed by atoms with E-state index in [0.29, 0.717) is 17.2 Å². The number of carbonyl (C=O) groups excluding carboxylic acids is 1. The second kappa shape index (κ2) is 9.04. The van der Waals surface area contributed by atoms with Crippen LogP contribution < -0.4 is 15.1 Å². The van der Waals surface area contributed by atoms with Gasteiger partial charge in [-0.05, 0) is 18.6 Å². The number of aryl methyl sites for hydroxylation is 2. The second-order valence-electron chi connectivity index (χ2n) is 7.72. The third-order valence-electron chi connectivity index (χ3n) is 5.11. The Kier molecular flexibility index (Phi) is 6.71. The average Bonchev–Trinajstić information content (AvgIpc) is 2.65. The van der Waals surface area contributed by atoms with E-state index in [1.807, 2.05) is 6.92 Å². The predicted octanol–water partition coefficient (Wildman–Crippen LogP) is 3.35. The first kappa shape index (κ1) is 20.8. The molecule has 1 aliphatic rings. The van der Waals surface area contributed by atoms with Gasteiger partial charge in [-0.3, -0.25) is 0 Å². The van der Waals surface area contributed by atoms with Crippen LogP contribution in [0.15, 0.2) is 24.3 Å². The van der Waals surface area contributed by atoms with E-state index in [9.17, 15) is 9.18 Å². The number of anilines is 1. The third kappa shape index (κ3) is 5.31. The molecule has 0 radical (unpaired) electrons. The maximum atomic E-state index is 13.4. The van der Waals surface area contributed by atoms with Crippen molar-refractivity contribution >= 4 is 31.0 Å². The molecule has 1 heterocycles. The van der Waals surface area contributed by atoms with Crippen LogP contribution in [0.4, 0.5) is 10.3 Å². The molecule has 1 saturated carbocycles. The van der Waals surface area contributed by atoms with Crippen LogP contribution in [0.2, 0.25) is 11.4 Å². The number of amides is 1. The molecule has 0 spiro atoms. The van der Waals surface area contributed by atoms with E-state index in [4.69, 9.17) is 4.98 Å². The maximum absolute atomic E-state index is 13.4. The first-order valence-electron chi connectivity index (χ1n) is 9.68. The van der Waals surface area contributed by atoms with E-state index in [2.05, 4.69) is 33.1 Å². The Hall–Kier alpha value is -1.94. The summed E-state index contributed by atoms with van der Waals surface area (Å²) in [6.07, 6.45) is 3.72. The molecule has 0 saturated heterocycles. The number of nitrogens with one attached hydrogen (secondary N) is 2. The van der Waals surface area contributed by atoms with Crippen molar-refractivity contribution in [3.8, 4) is 0 Å². The topological polar surface area (TPSA) is 66.9 Å². The van der Waals surface area contributed by atoms with Gasteiger partial charge in [0, 0.05) is 0 Å². The Bertz CT molecular complexity index is 850. The van der Waals surface area contributed by atoms with E-state index >= 15 is 0 Å². The monoisotopic (exact) mass is 446 g/mol. The summed E-state index contributed by atoms with van der Waals surface area (Å²) in [5.74, 6) is 0.311. The summed E-state index contributed by atoms with van der Waals surface area (Å²) in [6, 6.07) is 7.05. The van der Waals surface area contributed by atoms with Crippen LogP contribution in [0, 0.1) is 19.7 Å². The quantitative estimate of drug-likeness (QED) is 0.692. The van der Waals surface area contributed by atoms with Gasteiger partial charge in [-0.15, -0.1) is 0 Å². The van der Waals surface area contributed by atoms with Gasteiger partial charge in [-0.2, -0.15) is 0 Å². The van der Waals surface area contributed by atoms with Gasteiger partial charge < -0.3 is 0 Å². The number of aromatic nitrogens is 2. The van der Waals surface area contributed by atoms with E-state index in [0.717, 1.165) is 37.3 Å². The molecule has 1 fully saturated rings. The number of rotatable bonds is 5. The van der Waals surface area contributed by atoms with Crippen LogP contribution in [-0.4, -0.2) is 42.6 Å². The zero-order valence-corrected chi connectivity index (χ0v) is 18.8. The standard InChI is InChI=1S/C21H28AsFN4O/c1-13-11-15(5-10-18(13)23)20(28)25-16-6-8-17(9-7-16)26-21-24-14(2)12-19(27-21)22(3)4/h5,10-12,16-17H,6-9H2,1-4H3,(H,25,28)(H,24,26,27)/t16-,17+. The summed E-state index contributed by atoms with van der Waals surface area (Å²) in [7, 11) is 0. The fraction of sp³-hybridized carbons (Fsp3) is 0.476. The fourth-order valence-corrected chi connectivity index (χ4v) is 5.02. The number of hydrogen-bond acceptors (Lipinski definition) is 4. The summed E-state index contributed by atoms with van der Waals surface area (Å²) in [5, 5.41) is 6.57. The summed E-state index contributed by atoms with van der Waals surface area (Å²) in [4.78, 5) is 21.6.